The Morgan fingerprint density at radius 3 is 2.43 bits per heavy atom. The Hall–Kier alpha value is -1.10. The van der Waals surface area contributed by atoms with Crippen LogP contribution in [0.4, 0.5) is 0 Å². The SMILES string of the molecule is CC(C)OCCCCNC(=O)CC1(CC(=O)O)CCCC1. The Morgan fingerprint density at radius 2 is 1.86 bits per heavy atom. The number of carboxylic acids is 1. The molecule has 1 aliphatic carbocycles. The van der Waals surface area contributed by atoms with Crippen molar-refractivity contribution >= 4 is 11.9 Å². The molecule has 1 amide bonds. The van der Waals surface area contributed by atoms with Crippen LogP contribution < -0.4 is 5.32 Å². The van der Waals surface area contributed by atoms with Gasteiger partial charge in [0, 0.05) is 19.6 Å². The maximum Gasteiger partial charge on any atom is 0.303 e. The third kappa shape index (κ3) is 7.46. The van der Waals surface area contributed by atoms with Crippen LogP contribution in [-0.4, -0.2) is 36.2 Å². The zero-order valence-corrected chi connectivity index (χ0v) is 13.3. The van der Waals surface area contributed by atoms with Crippen molar-refractivity contribution in [3.8, 4) is 0 Å². The van der Waals surface area contributed by atoms with Gasteiger partial charge in [-0.15, -0.1) is 0 Å². The Balaban J connectivity index is 2.21. The number of nitrogens with one attached hydrogen (secondary N) is 1. The summed E-state index contributed by atoms with van der Waals surface area (Å²) in [7, 11) is 0. The van der Waals surface area contributed by atoms with E-state index < -0.39 is 5.97 Å². The van der Waals surface area contributed by atoms with E-state index in [0.29, 0.717) is 13.0 Å². The lowest BCUT2D eigenvalue weighted by molar-refractivity contribution is -0.140. The van der Waals surface area contributed by atoms with E-state index in [1.807, 2.05) is 13.8 Å². The van der Waals surface area contributed by atoms with Gasteiger partial charge >= 0.3 is 5.97 Å². The van der Waals surface area contributed by atoms with Crippen molar-refractivity contribution in [3.63, 3.8) is 0 Å². The van der Waals surface area contributed by atoms with Gasteiger partial charge in [0.25, 0.3) is 0 Å². The molecule has 0 aliphatic heterocycles. The number of rotatable bonds is 10. The number of unbranched alkanes of at least 4 members (excludes halogenated alkanes) is 1. The average molecular weight is 299 g/mol. The van der Waals surface area contributed by atoms with Crippen molar-refractivity contribution in [2.24, 2.45) is 5.41 Å². The third-order valence-electron chi connectivity index (χ3n) is 4.07. The fraction of sp³-hybridized carbons (Fsp3) is 0.875. The highest BCUT2D eigenvalue weighted by molar-refractivity contribution is 5.78. The summed E-state index contributed by atoms with van der Waals surface area (Å²) in [5, 5.41) is 11.9. The molecule has 0 aromatic carbocycles. The first-order valence-corrected chi connectivity index (χ1v) is 8.04. The molecule has 0 heterocycles. The highest BCUT2D eigenvalue weighted by Crippen LogP contribution is 2.43. The number of hydrogen-bond acceptors (Lipinski definition) is 3. The fourth-order valence-electron chi connectivity index (χ4n) is 3.04. The summed E-state index contributed by atoms with van der Waals surface area (Å²) in [6.07, 6.45) is 6.32. The molecule has 0 bridgehead atoms. The largest absolute Gasteiger partial charge is 0.481 e. The summed E-state index contributed by atoms with van der Waals surface area (Å²) in [5.74, 6) is -0.807. The van der Waals surface area contributed by atoms with Crippen LogP contribution in [0.15, 0.2) is 0 Å². The van der Waals surface area contributed by atoms with Gasteiger partial charge in [-0.1, -0.05) is 12.8 Å². The van der Waals surface area contributed by atoms with E-state index in [4.69, 9.17) is 9.84 Å². The molecule has 21 heavy (non-hydrogen) atoms. The van der Waals surface area contributed by atoms with Crippen LogP contribution >= 0.6 is 0 Å². The van der Waals surface area contributed by atoms with E-state index in [2.05, 4.69) is 5.32 Å². The average Bonchev–Trinajstić information content (AvgIpc) is 2.80. The summed E-state index contributed by atoms with van der Waals surface area (Å²) in [6, 6.07) is 0. The summed E-state index contributed by atoms with van der Waals surface area (Å²) < 4.78 is 5.44. The first kappa shape index (κ1) is 18.0. The molecule has 0 aromatic heterocycles. The molecule has 1 saturated carbocycles. The number of aliphatic carboxylic acids is 1. The molecule has 0 atom stereocenters. The van der Waals surface area contributed by atoms with Crippen LogP contribution in [0, 0.1) is 5.41 Å². The van der Waals surface area contributed by atoms with Gasteiger partial charge < -0.3 is 15.2 Å². The van der Waals surface area contributed by atoms with Gasteiger partial charge in [-0.05, 0) is 44.9 Å². The number of carbonyl (C=O) groups is 2. The lowest BCUT2D eigenvalue weighted by Gasteiger charge is -2.26. The zero-order chi connectivity index (χ0) is 15.7. The van der Waals surface area contributed by atoms with E-state index in [9.17, 15) is 9.59 Å². The van der Waals surface area contributed by atoms with Gasteiger partial charge in [0.2, 0.25) is 5.91 Å². The second kappa shape index (κ2) is 9.03. The minimum atomic E-state index is -0.796. The molecular weight excluding hydrogens is 270 g/mol. The van der Waals surface area contributed by atoms with Gasteiger partial charge in [-0.3, -0.25) is 9.59 Å². The summed E-state index contributed by atoms with van der Waals surface area (Å²) in [5.41, 5.74) is -0.309. The first-order chi connectivity index (χ1) is 9.93. The van der Waals surface area contributed by atoms with Crippen LogP contribution in [0.3, 0.4) is 0 Å². The maximum absolute atomic E-state index is 12.0. The number of carbonyl (C=O) groups excluding carboxylic acids is 1. The van der Waals surface area contributed by atoms with Crippen molar-refractivity contribution in [2.45, 2.75) is 71.3 Å². The highest BCUT2D eigenvalue weighted by Gasteiger charge is 2.37. The van der Waals surface area contributed by atoms with Crippen LogP contribution in [0.2, 0.25) is 0 Å². The molecule has 0 spiro atoms. The van der Waals surface area contributed by atoms with E-state index in [0.717, 1.165) is 45.1 Å². The molecule has 0 aromatic rings. The third-order valence-corrected chi connectivity index (χ3v) is 4.07. The second-order valence-corrected chi connectivity index (χ2v) is 6.43. The van der Waals surface area contributed by atoms with Crippen LogP contribution in [0.25, 0.3) is 0 Å². The molecule has 1 aliphatic rings. The minimum Gasteiger partial charge on any atom is -0.481 e. The topological polar surface area (TPSA) is 75.6 Å². The number of ether oxygens (including phenoxy) is 1. The zero-order valence-electron chi connectivity index (χ0n) is 13.3. The van der Waals surface area contributed by atoms with Gasteiger partial charge in [-0.25, -0.2) is 0 Å². The lowest BCUT2D eigenvalue weighted by Crippen LogP contribution is -2.32. The minimum absolute atomic E-state index is 0.0112. The first-order valence-electron chi connectivity index (χ1n) is 8.04. The van der Waals surface area contributed by atoms with E-state index in [1.165, 1.54) is 0 Å². The predicted octanol–water partition coefficient (Wildman–Crippen LogP) is 2.73. The van der Waals surface area contributed by atoms with Crippen LogP contribution in [0.5, 0.6) is 0 Å². The number of hydrogen-bond donors (Lipinski definition) is 2. The Labute approximate surface area is 127 Å². The van der Waals surface area contributed by atoms with E-state index in [-0.39, 0.29) is 23.8 Å². The van der Waals surface area contributed by atoms with E-state index >= 15 is 0 Å². The van der Waals surface area contributed by atoms with Crippen molar-refractivity contribution in [1.82, 2.24) is 5.32 Å². The Morgan fingerprint density at radius 1 is 1.19 bits per heavy atom. The van der Waals surface area contributed by atoms with Gasteiger partial charge in [0.1, 0.15) is 0 Å². The molecule has 122 valence electrons. The van der Waals surface area contributed by atoms with Gasteiger partial charge in [0.05, 0.1) is 12.5 Å². The number of amides is 1. The predicted molar refractivity (Wildman–Crippen MR) is 81.1 cm³/mol. The maximum atomic E-state index is 12.0. The van der Waals surface area contributed by atoms with Crippen molar-refractivity contribution < 1.29 is 19.4 Å². The van der Waals surface area contributed by atoms with E-state index in [1.54, 1.807) is 0 Å². The molecule has 2 N–H and O–H groups in total. The summed E-state index contributed by atoms with van der Waals surface area (Å²) >= 11 is 0. The second-order valence-electron chi connectivity index (χ2n) is 6.43. The summed E-state index contributed by atoms with van der Waals surface area (Å²) in [6.45, 7) is 5.37. The molecule has 1 rings (SSSR count). The van der Waals surface area contributed by atoms with Gasteiger partial charge in [0.15, 0.2) is 0 Å². The molecular formula is C16H29NO4. The molecule has 1 fully saturated rings. The quantitative estimate of drug-likeness (QED) is 0.608. The standard InChI is InChI=1S/C16H29NO4/c1-13(2)21-10-6-5-9-17-14(18)11-16(12-15(19)20)7-3-4-8-16/h13H,3-12H2,1-2H3,(H,17,18)(H,19,20). The summed E-state index contributed by atoms with van der Waals surface area (Å²) in [4.78, 5) is 23.0. The van der Waals surface area contributed by atoms with Crippen molar-refractivity contribution in [2.75, 3.05) is 13.2 Å². The van der Waals surface area contributed by atoms with Crippen LogP contribution in [-0.2, 0) is 14.3 Å². The lowest BCUT2D eigenvalue weighted by atomic mass is 9.79. The molecule has 0 radical (unpaired) electrons. The molecule has 5 nitrogen and oxygen atoms in total. The Bertz CT molecular complexity index is 335. The van der Waals surface area contributed by atoms with Crippen molar-refractivity contribution in [3.05, 3.63) is 0 Å². The highest BCUT2D eigenvalue weighted by atomic mass is 16.5. The monoisotopic (exact) mass is 299 g/mol. The van der Waals surface area contributed by atoms with Crippen molar-refractivity contribution in [1.29, 1.82) is 0 Å². The molecule has 0 unspecified atom stereocenters. The Kier molecular flexibility index (Phi) is 7.72. The fourth-order valence-corrected chi connectivity index (χ4v) is 3.04. The number of carboxylic acid groups (broad SMARTS) is 1. The normalized spacial score (nSPS) is 17.1. The molecule has 5 heteroatoms. The smallest absolute Gasteiger partial charge is 0.303 e. The van der Waals surface area contributed by atoms with Crippen LogP contribution in [0.1, 0.15) is 65.2 Å². The van der Waals surface area contributed by atoms with Gasteiger partial charge in [-0.2, -0.15) is 0 Å². The molecule has 0 saturated heterocycles.